The quantitative estimate of drug-likeness (QED) is 0.802. The van der Waals surface area contributed by atoms with Crippen molar-refractivity contribution in [3.8, 4) is 0 Å². The van der Waals surface area contributed by atoms with Crippen molar-refractivity contribution >= 4 is 23.2 Å². The zero-order valence-corrected chi connectivity index (χ0v) is 14.2. The van der Waals surface area contributed by atoms with E-state index in [2.05, 4.69) is 16.9 Å². The summed E-state index contributed by atoms with van der Waals surface area (Å²) in [6.07, 6.45) is 2.20. The number of fused-ring (bicyclic) bond motifs is 1. The SMILES string of the molecule is CN1CC2CN(C(=O)c3cscn3)CC2(C(=O)N2CCCC2)C1. The molecule has 0 radical (unpaired) electrons. The van der Waals surface area contributed by atoms with E-state index in [9.17, 15) is 9.59 Å². The van der Waals surface area contributed by atoms with Crippen molar-refractivity contribution in [3.63, 3.8) is 0 Å². The summed E-state index contributed by atoms with van der Waals surface area (Å²) >= 11 is 1.43. The first-order valence-electron chi connectivity index (χ1n) is 8.25. The van der Waals surface area contributed by atoms with Crippen LogP contribution >= 0.6 is 11.3 Å². The lowest BCUT2D eigenvalue weighted by Crippen LogP contribution is -2.49. The molecule has 4 heterocycles. The van der Waals surface area contributed by atoms with Crippen molar-refractivity contribution in [1.82, 2.24) is 19.7 Å². The minimum Gasteiger partial charge on any atom is -0.342 e. The molecule has 3 aliphatic rings. The highest BCUT2D eigenvalue weighted by atomic mass is 32.1. The van der Waals surface area contributed by atoms with E-state index in [0.29, 0.717) is 18.8 Å². The van der Waals surface area contributed by atoms with Gasteiger partial charge in [-0.25, -0.2) is 4.98 Å². The van der Waals surface area contributed by atoms with Gasteiger partial charge in [0.1, 0.15) is 5.69 Å². The molecule has 0 bridgehead atoms. The molecule has 1 aromatic rings. The topological polar surface area (TPSA) is 56.8 Å². The molecule has 0 aliphatic carbocycles. The minimum atomic E-state index is -0.412. The number of hydrogen-bond donors (Lipinski definition) is 0. The summed E-state index contributed by atoms with van der Waals surface area (Å²) in [6, 6.07) is 0. The maximum absolute atomic E-state index is 13.2. The highest BCUT2D eigenvalue weighted by molar-refractivity contribution is 7.07. The lowest BCUT2D eigenvalue weighted by Gasteiger charge is -2.32. The average molecular weight is 334 g/mol. The van der Waals surface area contributed by atoms with Crippen LogP contribution in [0, 0.1) is 11.3 Å². The largest absolute Gasteiger partial charge is 0.342 e. The van der Waals surface area contributed by atoms with E-state index >= 15 is 0 Å². The van der Waals surface area contributed by atoms with Gasteiger partial charge >= 0.3 is 0 Å². The van der Waals surface area contributed by atoms with Gasteiger partial charge in [0.25, 0.3) is 5.91 Å². The number of carbonyl (C=O) groups excluding carboxylic acids is 2. The molecule has 4 rings (SSSR count). The molecule has 0 spiro atoms. The van der Waals surface area contributed by atoms with Crippen molar-refractivity contribution in [2.75, 3.05) is 46.3 Å². The smallest absolute Gasteiger partial charge is 0.273 e. The third-order valence-electron chi connectivity index (χ3n) is 5.54. The molecule has 124 valence electrons. The standard InChI is InChI=1S/C16H22N4O2S/c1-18-6-12-7-20(14(21)13-8-23-11-17-13)10-16(12,9-18)15(22)19-4-2-3-5-19/h8,11-12H,2-7,9-10H2,1H3. The molecular formula is C16H22N4O2S. The van der Waals surface area contributed by atoms with Crippen molar-refractivity contribution in [3.05, 3.63) is 16.6 Å². The average Bonchev–Trinajstić information content (AvgIpc) is 3.28. The van der Waals surface area contributed by atoms with E-state index in [1.165, 1.54) is 11.3 Å². The van der Waals surface area contributed by atoms with Crippen LogP contribution in [0.4, 0.5) is 0 Å². The van der Waals surface area contributed by atoms with Crippen LogP contribution in [0.3, 0.4) is 0 Å². The number of amides is 2. The summed E-state index contributed by atoms with van der Waals surface area (Å²) in [7, 11) is 2.07. The second kappa shape index (κ2) is 5.56. The van der Waals surface area contributed by atoms with Crippen LogP contribution in [0.1, 0.15) is 23.3 Å². The first-order chi connectivity index (χ1) is 11.1. The van der Waals surface area contributed by atoms with Gasteiger partial charge in [-0.2, -0.15) is 0 Å². The molecule has 7 heteroatoms. The Balaban J connectivity index is 1.58. The molecule has 2 atom stereocenters. The molecule has 0 N–H and O–H groups in total. The number of likely N-dealkylation sites (tertiary alicyclic amines) is 3. The van der Waals surface area contributed by atoms with Crippen molar-refractivity contribution in [2.45, 2.75) is 12.8 Å². The van der Waals surface area contributed by atoms with E-state index in [-0.39, 0.29) is 17.7 Å². The highest BCUT2D eigenvalue weighted by Gasteiger charge is 2.58. The second-order valence-corrected chi connectivity index (χ2v) is 7.83. The third-order valence-corrected chi connectivity index (χ3v) is 6.12. The van der Waals surface area contributed by atoms with Crippen LogP contribution in [0.2, 0.25) is 0 Å². The molecule has 0 aromatic carbocycles. The molecular weight excluding hydrogens is 312 g/mol. The number of carbonyl (C=O) groups is 2. The van der Waals surface area contributed by atoms with Gasteiger partial charge in [-0.1, -0.05) is 0 Å². The minimum absolute atomic E-state index is 0.0306. The Morgan fingerprint density at radius 1 is 1.22 bits per heavy atom. The predicted octanol–water partition coefficient (Wildman–Crippen LogP) is 0.769. The predicted molar refractivity (Wildman–Crippen MR) is 87.3 cm³/mol. The van der Waals surface area contributed by atoms with Gasteiger partial charge in [0.05, 0.1) is 10.9 Å². The molecule has 1 aromatic heterocycles. The zero-order chi connectivity index (χ0) is 16.0. The molecule has 6 nitrogen and oxygen atoms in total. The lowest BCUT2D eigenvalue weighted by atomic mass is 9.79. The highest BCUT2D eigenvalue weighted by Crippen LogP contribution is 2.44. The van der Waals surface area contributed by atoms with Crippen LogP contribution in [-0.4, -0.2) is 77.8 Å². The Morgan fingerprint density at radius 3 is 2.70 bits per heavy atom. The Morgan fingerprint density at radius 2 is 2.00 bits per heavy atom. The Kier molecular flexibility index (Phi) is 3.65. The molecule has 3 fully saturated rings. The van der Waals surface area contributed by atoms with Crippen molar-refractivity contribution in [1.29, 1.82) is 0 Å². The number of hydrogen-bond acceptors (Lipinski definition) is 5. The summed E-state index contributed by atoms with van der Waals surface area (Å²) in [4.78, 5) is 36.1. The van der Waals surface area contributed by atoms with Gasteiger partial charge in [0.2, 0.25) is 5.91 Å². The first kappa shape index (κ1) is 15.1. The molecule has 0 saturated carbocycles. The van der Waals surface area contributed by atoms with E-state index < -0.39 is 5.41 Å². The molecule has 2 amide bonds. The normalized spacial score (nSPS) is 30.9. The van der Waals surface area contributed by atoms with Crippen LogP contribution in [0.25, 0.3) is 0 Å². The van der Waals surface area contributed by atoms with E-state index in [4.69, 9.17) is 0 Å². The molecule has 23 heavy (non-hydrogen) atoms. The fourth-order valence-electron chi connectivity index (χ4n) is 4.49. The van der Waals surface area contributed by atoms with Gasteiger partial charge in [0, 0.05) is 50.6 Å². The van der Waals surface area contributed by atoms with E-state index in [1.54, 1.807) is 10.9 Å². The maximum Gasteiger partial charge on any atom is 0.273 e. The summed E-state index contributed by atoms with van der Waals surface area (Å²) in [5, 5.41) is 1.79. The summed E-state index contributed by atoms with van der Waals surface area (Å²) in [5.41, 5.74) is 1.78. The fraction of sp³-hybridized carbons (Fsp3) is 0.688. The number of nitrogens with zero attached hydrogens (tertiary/aromatic N) is 4. The van der Waals surface area contributed by atoms with Crippen LogP contribution in [0.15, 0.2) is 10.9 Å². The molecule has 2 unspecified atom stereocenters. The molecule has 3 saturated heterocycles. The summed E-state index contributed by atoms with van der Waals surface area (Å²) in [5.74, 6) is 0.470. The van der Waals surface area contributed by atoms with Gasteiger partial charge in [-0.05, 0) is 19.9 Å². The second-order valence-electron chi connectivity index (χ2n) is 7.11. The zero-order valence-electron chi connectivity index (χ0n) is 13.4. The Labute approximate surface area is 140 Å². The van der Waals surface area contributed by atoms with Crippen molar-refractivity contribution in [2.24, 2.45) is 11.3 Å². The van der Waals surface area contributed by atoms with Crippen molar-refractivity contribution < 1.29 is 9.59 Å². The number of thiazole rings is 1. The Bertz CT molecular complexity index is 614. The van der Waals surface area contributed by atoms with Crippen LogP contribution in [-0.2, 0) is 4.79 Å². The number of rotatable bonds is 2. The van der Waals surface area contributed by atoms with Gasteiger partial charge in [-0.3, -0.25) is 9.59 Å². The van der Waals surface area contributed by atoms with E-state index in [0.717, 1.165) is 39.0 Å². The van der Waals surface area contributed by atoms with Gasteiger partial charge in [0.15, 0.2) is 0 Å². The fourth-order valence-corrected chi connectivity index (χ4v) is 5.01. The molecule has 3 aliphatic heterocycles. The first-order valence-corrected chi connectivity index (χ1v) is 9.20. The third kappa shape index (κ3) is 2.37. The maximum atomic E-state index is 13.2. The Hall–Kier alpha value is -1.47. The summed E-state index contributed by atoms with van der Waals surface area (Å²) < 4.78 is 0. The monoisotopic (exact) mass is 334 g/mol. The van der Waals surface area contributed by atoms with E-state index in [1.807, 2.05) is 9.80 Å². The van der Waals surface area contributed by atoms with Crippen LogP contribution < -0.4 is 0 Å². The van der Waals surface area contributed by atoms with Crippen LogP contribution in [0.5, 0.6) is 0 Å². The lowest BCUT2D eigenvalue weighted by molar-refractivity contribution is -0.141. The van der Waals surface area contributed by atoms with Gasteiger partial charge < -0.3 is 14.7 Å². The van der Waals surface area contributed by atoms with Gasteiger partial charge in [-0.15, -0.1) is 11.3 Å². The number of aromatic nitrogens is 1. The summed E-state index contributed by atoms with van der Waals surface area (Å²) in [6.45, 7) is 4.59.